The largest absolute Gasteiger partial charge is 0.475 e. The second-order valence-electron chi connectivity index (χ2n) is 9.53. The molecule has 0 aliphatic heterocycles. The molecule has 0 saturated carbocycles. The molecule has 0 saturated heterocycles. The van der Waals surface area contributed by atoms with Crippen molar-refractivity contribution in [2.45, 2.75) is 13.1 Å². The van der Waals surface area contributed by atoms with Crippen LogP contribution in [0.4, 0.5) is 18.9 Å². The Labute approximate surface area is 236 Å². The van der Waals surface area contributed by atoms with E-state index in [0.29, 0.717) is 22.7 Å². The van der Waals surface area contributed by atoms with Crippen molar-refractivity contribution in [2.75, 3.05) is 33.1 Å². The van der Waals surface area contributed by atoms with Gasteiger partial charge in [0.05, 0.1) is 11.9 Å². The van der Waals surface area contributed by atoms with Crippen LogP contribution in [0.5, 0.6) is 5.88 Å². The predicted octanol–water partition coefficient (Wildman–Crippen LogP) is 4.59. The lowest BCUT2D eigenvalue weighted by Crippen LogP contribution is -2.39. The number of alkyl halides is 1. The molecule has 0 aliphatic rings. The van der Waals surface area contributed by atoms with Crippen LogP contribution >= 0.6 is 11.3 Å². The van der Waals surface area contributed by atoms with Crippen molar-refractivity contribution < 1.29 is 17.9 Å². The summed E-state index contributed by atoms with van der Waals surface area (Å²) in [6, 6.07) is 14.9. The predicted molar refractivity (Wildman–Crippen MR) is 154 cm³/mol. The van der Waals surface area contributed by atoms with Crippen LogP contribution in [0.25, 0.3) is 26.5 Å². The second-order valence-corrected chi connectivity index (χ2v) is 10.5. The van der Waals surface area contributed by atoms with Crippen molar-refractivity contribution in [3.8, 4) is 22.1 Å². The summed E-state index contributed by atoms with van der Waals surface area (Å²) in [5, 5.41) is 0.212. The first-order chi connectivity index (χ1) is 19.7. The van der Waals surface area contributed by atoms with E-state index in [1.54, 1.807) is 12.1 Å². The molecule has 0 spiro atoms. The molecule has 2 N–H and O–H groups in total. The maximum Gasteiger partial charge on any atom is 0.338 e. The molecule has 5 aromatic rings. The van der Waals surface area contributed by atoms with Gasteiger partial charge in [-0.15, -0.1) is 11.3 Å². The highest BCUT2D eigenvalue weighted by Crippen LogP contribution is 2.38. The van der Waals surface area contributed by atoms with Crippen molar-refractivity contribution in [3.05, 3.63) is 104 Å². The van der Waals surface area contributed by atoms with E-state index >= 15 is 0 Å². The molecule has 0 amide bonds. The summed E-state index contributed by atoms with van der Waals surface area (Å²) in [5.74, 6) is -1.71. The Morgan fingerprint density at radius 2 is 1.66 bits per heavy atom. The van der Waals surface area contributed by atoms with Crippen molar-refractivity contribution >= 4 is 27.2 Å². The fourth-order valence-corrected chi connectivity index (χ4v) is 5.84. The monoisotopic (exact) mass is 581 g/mol. The van der Waals surface area contributed by atoms with Gasteiger partial charge in [-0.05, 0) is 55.6 Å². The fourth-order valence-electron chi connectivity index (χ4n) is 4.54. The number of rotatable bonds is 9. The number of nitrogens with zero attached hydrogens (tertiary/aromatic N) is 4. The molecule has 3 aromatic heterocycles. The summed E-state index contributed by atoms with van der Waals surface area (Å²) in [7, 11) is 3.68. The molecule has 212 valence electrons. The molecule has 0 unspecified atom stereocenters. The van der Waals surface area contributed by atoms with Gasteiger partial charge in [-0.2, -0.15) is 4.98 Å². The third-order valence-corrected chi connectivity index (χ3v) is 7.67. The number of hydrogen-bond donors (Lipinski definition) is 1. The number of halogens is 3. The van der Waals surface area contributed by atoms with Crippen LogP contribution in [-0.4, -0.2) is 46.4 Å². The molecule has 5 rings (SSSR count). The first-order valence-electron chi connectivity index (χ1n) is 12.6. The zero-order valence-corrected chi connectivity index (χ0v) is 23.1. The number of anilines is 1. The van der Waals surface area contributed by atoms with Crippen molar-refractivity contribution in [1.29, 1.82) is 0 Å². The Morgan fingerprint density at radius 1 is 0.976 bits per heavy atom. The van der Waals surface area contributed by atoms with Gasteiger partial charge in [0, 0.05) is 28.7 Å². The Morgan fingerprint density at radius 3 is 2.32 bits per heavy atom. The first-order valence-corrected chi connectivity index (χ1v) is 13.4. The van der Waals surface area contributed by atoms with Gasteiger partial charge in [0.2, 0.25) is 5.88 Å². The third kappa shape index (κ3) is 5.48. The number of fused-ring (bicyclic) bond motifs is 1. The first kappa shape index (κ1) is 28.1. The van der Waals surface area contributed by atoms with Gasteiger partial charge in [0.25, 0.3) is 5.56 Å². The highest BCUT2D eigenvalue weighted by atomic mass is 32.1. The van der Waals surface area contributed by atoms with E-state index in [-0.39, 0.29) is 34.1 Å². The summed E-state index contributed by atoms with van der Waals surface area (Å²) in [5.41, 5.74) is 6.02. The number of hydrogen-bond acceptors (Lipinski definition) is 7. The maximum absolute atomic E-state index is 14.8. The van der Waals surface area contributed by atoms with Gasteiger partial charge in [-0.3, -0.25) is 9.36 Å². The molecule has 12 heteroatoms. The van der Waals surface area contributed by atoms with Gasteiger partial charge in [-0.1, -0.05) is 24.3 Å². The molecular formula is C29H26F3N5O3S. The molecule has 0 aliphatic carbocycles. The lowest BCUT2D eigenvalue weighted by atomic mass is 10.1. The van der Waals surface area contributed by atoms with E-state index in [0.717, 1.165) is 22.3 Å². The van der Waals surface area contributed by atoms with Crippen molar-refractivity contribution in [3.63, 3.8) is 0 Å². The van der Waals surface area contributed by atoms with Crippen LogP contribution in [0.3, 0.4) is 0 Å². The molecule has 3 heterocycles. The lowest BCUT2D eigenvalue weighted by Gasteiger charge is -2.15. The fraction of sp³-hybridized carbons (Fsp3) is 0.207. The number of ether oxygens (including phenoxy) is 1. The molecule has 0 bridgehead atoms. The molecule has 2 aromatic carbocycles. The maximum atomic E-state index is 14.8. The summed E-state index contributed by atoms with van der Waals surface area (Å²) >= 11 is 1.18. The standard InChI is InChI=1S/C29H26F3N5O3S/c1-35(2)15-20-25-27(38)37(23-7-4-8-24(34-23)40-14-13-30)29(39)36(16-19-21(31)5-3-6-22(19)32)28(25)41-26(20)17-9-11-18(33)12-10-17/h3-12H,13-16,33H2,1-2H3. The summed E-state index contributed by atoms with van der Waals surface area (Å²) < 4.78 is 49.6. The summed E-state index contributed by atoms with van der Waals surface area (Å²) in [6.45, 7) is -1.16. The SMILES string of the molecule is CN(C)Cc1c(-c2ccc(N)cc2)sc2c1c(=O)n(-c1cccc(OCCF)n1)c(=O)n2Cc1c(F)cccc1F. The van der Waals surface area contributed by atoms with E-state index in [1.807, 2.05) is 31.1 Å². The summed E-state index contributed by atoms with van der Waals surface area (Å²) in [6.07, 6.45) is 0. The van der Waals surface area contributed by atoms with Gasteiger partial charge in [-0.25, -0.2) is 22.5 Å². The molecule has 0 fully saturated rings. The molecular weight excluding hydrogens is 555 g/mol. The minimum atomic E-state index is -0.846. The quantitative estimate of drug-likeness (QED) is 0.256. The highest BCUT2D eigenvalue weighted by molar-refractivity contribution is 7.22. The number of nitrogen functional groups attached to an aromatic ring is 1. The minimum Gasteiger partial charge on any atom is -0.475 e. The van der Waals surface area contributed by atoms with Gasteiger partial charge >= 0.3 is 5.69 Å². The number of nitrogens with two attached hydrogens (primary N) is 1. The minimum absolute atomic E-state index is 0.0136. The number of thiophene rings is 1. The smallest absolute Gasteiger partial charge is 0.338 e. The van der Waals surface area contributed by atoms with Crippen LogP contribution in [0.2, 0.25) is 0 Å². The number of pyridine rings is 1. The highest BCUT2D eigenvalue weighted by Gasteiger charge is 2.25. The molecule has 0 radical (unpaired) electrons. The van der Waals surface area contributed by atoms with E-state index in [9.17, 15) is 22.8 Å². The Hall–Kier alpha value is -4.42. The van der Waals surface area contributed by atoms with Crippen LogP contribution in [-0.2, 0) is 13.1 Å². The Kier molecular flexibility index (Phi) is 7.95. The average Bonchev–Trinajstić information content (AvgIpc) is 3.30. The van der Waals surface area contributed by atoms with Crippen molar-refractivity contribution in [1.82, 2.24) is 19.0 Å². The normalized spacial score (nSPS) is 11.5. The average molecular weight is 582 g/mol. The Bertz CT molecular complexity index is 1830. The third-order valence-electron chi connectivity index (χ3n) is 6.36. The van der Waals surface area contributed by atoms with Crippen molar-refractivity contribution in [2.24, 2.45) is 0 Å². The second kappa shape index (κ2) is 11.6. The molecule has 41 heavy (non-hydrogen) atoms. The zero-order chi connectivity index (χ0) is 29.3. The van der Waals surface area contributed by atoms with E-state index in [4.69, 9.17) is 10.5 Å². The van der Waals surface area contributed by atoms with Crippen LogP contribution in [0.1, 0.15) is 11.1 Å². The van der Waals surface area contributed by atoms with Gasteiger partial charge in [0.1, 0.15) is 35.6 Å². The zero-order valence-electron chi connectivity index (χ0n) is 22.2. The van der Waals surface area contributed by atoms with E-state index < -0.39 is 36.1 Å². The van der Waals surface area contributed by atoms with Crippen LogP contribution in [0.15, 0.2) is 70.3 Å². The molecule has 8 nitrogen and oxygen atoms in total. The van der Waals surface area contributed by atoms with E-state index in [1.165, 1.54) is 40.2 Å². The molecule has 0 atom stereocenters. The van der Waals surface area contributed by atoms with Crippen LogP contribution in [0, 0.1) is 11.6 Å². The Balaban J connectivity index is 1.87. The summed E-state index contributed by atoms with van der Waals surface area (Å²) in [4.78, 5) is 35.2. The van der Waals surface area contributed by atoms with E-state index in [2.05, 4.69) is 4.98 Å². The van der Waals surface area contributed by atoms with Gasteiger partial charge < -0.3 is 15.4 Å². The lowest BCUT2D eigenvalue weighted by molar-refractivity contribution is 0.264. The number of aromatic nitrogens is 3. The topological polar surface area (TPSA) is 95.4 Å². The number of benzene rings is 2. The van der Waals surface area contributed by atoms with Gasteiger partial charge in [0.15, 0.2) is 0 Å². The van der Waals surface area contributed by atoms with Crippen LogP contribution < -0.4 is 21.7 Å².